The van der Waals surface area contributed by atoms with E-state index in [1.54, 1.807) is 6.92 Å². The Morgan fingerprint density at radius 3 is 2.77 bits per heavy atom. The number of hydrogen-bond acceptors (Lipinski definition) is 2. The van der Waals surface area contributed by atoms with E-state index in [0.717, 1.165) is 0 Å². The Kier molecular flexibility index (Phi) is 3.36. The molecule has 1 heterocycles. The normalized spacial score (nSPS) is 28.7. The highest BCUT2D eigenvalue weighted by molar-refractivity contribution is 5.52. The molecule has 0 bridgehead atoms. The van der Waals surface area contributed by atoms with Crippen LogP contribution in [0, 0.1) is 5.92 Å². The van der Waals surface area contributed by atoms with E-state index >= 15 is 0 Å². The van der Waals surface area contributed by atoms with Gasteiger partial charge in [-0.15, -0.1) is 0 Å². The van der Waals surface area contributed by atoms with Crippen molar-refractivity contribution in [3.8, 4) is 0 Å². The van der Waals surface area contributed by atoms with Crippen LogP contribution in [0.2, 0.25) is 0 Å². The van der Waals surface area contributed by atoms with Gasteiger partial charge in [-0.25, -0.2) is 8.78 Å². The molecule has 0 aromatic rings. The number of nitrogens with zero attached hydrogens (tertiary/aromatic N) is 1. The van der Waals surface area contributed by atoms with Gasteiger partial charge < -0.3 is 4.79 Å². The van der Waals surface area contributed by atoms with Gasteiger partial charge in [0.25, 0.3) is 5.92 Å². The molecular weight excluding hydrogens is 176 g/mol. The first-order valence-corrected chi connectivity index (χ1v) is 4.64. The molecule has 0 saturated carbocycles. The van der Waals surface area contributed by atoms with Gasteiger partial charge in [0, 0.05) is 5.92 Å². The molecule has 13 heavy (non-hydrogen) atoms. The van der Waals surface area contributed by atoms with Gasteiger partial charge in [0.2, 0.25) is 0 Å². The quantitative estimate of drug-likeness (QED) is 0.631. The molecule has 1 rings (SSSR count). The molecule has 0 aromatic heterocycles. The van der Waals surface area contributed by atoms with Crippen molar-refractivity contribution >= 4 is 6.29 Å². The standard InChI is InChI=1S/C9H15F2NO/c1-2-8-3-4-12(5-6-13)7-9(8,10)11/h6,8H,2-5,7H2,1H3. The van der Waals surface area contributed by atoms with Crippen LogP contribution in [0.25, 0.3) is 0 Å². The lowest BCUT2D eigenvalue weighted by Crippen LogP contribution is -2.48. The van der Waals surface area contributed by atoms with Gasteiger partial charge in [-0.1, -0.05) is 6.92 Å². The Morgan fingerprint density at radius 1 is 1.62 bits per heavy atom. The third kappa shape index (κ3) is 2.46. The minimum Gasteiger partial charge on any atom is -0.302 e. The van der Waals surface area contributed by atoms with E-state index in [0.29, 0.717) is 25.7 Å². The third-order valence-electron chi connectivity index (χ3n) is 2.65. The number of likely N-dealkylation sites (tertiary alicyclic amines) is 1. The summed E-state index contributed by atoms with van der Waals surface area (Å²) in [6.45, 7) is 2.27. The summed E-state index contributed by atoms with van der Waals surface area (Å²) in [5.74, 6) is -3.12. The summed E-state index contributed by atoms with van der Waals surface area (Å²) in [5.41, 5.74) is 0. The first-order chi connectivity index (χ1) is 6.10. The summed E-state index contributed by atoms with van der Waals surface area (Å²) in [6, 6.07) is 0. The molecule has 0 N–H and O–H groups in total. The number of aldehydes is 1. The van der Waals surface area contributed by atoms with E-state index in [1.165, 1.54) is 4.90 Å². The van der Waals surface area contributed by atoms with Crippen molar-refractivity contribution < 1.29 is 13.6 Å². The number of hydrogen-bond donors (Lipinski definition) is 0. The zero-order valence-electron chi connectivity index (χ0n) is 7.80. The molecule has 76 valence electrons. The second-order valence-corrected chi connectivity index (χ2v) is 3.56. The lowest BCUT2D eigenvalue weighted by atomic mass is 9.90. The Labute approximate surface area is 76.9 Å². The van der Waals surface area contributed by atoms with Gasteiger partial charge in [-0.3, -0.25) is 4.90 Å². The van der Waals surface area contributed by atoms with Crippen LogP contribution in [0.1, 0.15) is 19.8 Å². The van der Waals surface area contributed by atoms with Crippen LogP contribution in [0.15, 0.2) is 0 Å². The van der Waals surface area contributed by atoms with Gasteiger partial charge in [0.15, 0.2) is 0 Å². The lowest BCUT2D eigenvalue weighted by molar-refractivity contribution is -0.121. The number of carbonyl (C=O) groups excluding carboxylic acids is 1. The van der Waals surface area contributed by atoms with Gasteiger partial charge in [-0.05, 0) is 19.4 Å². The molecule has 0 aromatic carbocycles. The first-order valence-electron chi connectivity index (χ1n) is 4.64. The monoisotopic (exact) mass is 191 g/mol. The summed E-state index contributed by atoms with van der Waals surface area (Å²) in [4.78, 5) is 11.7. The van der Waals surface area contributed by atoms with Crippen molar-refractivity contribution in [2.45, 2.75) is 25.7 Å². The number of carbonyl (C=O) groups is 1. The van der Waals surface area contributed by atoms with Crippen LogP contribution in [0.5, 0.6) is 0 Å². The van der Waals surface area contributed by atoms with Gasteiger partial charge >= 0.3 is 0 Å². The molecule has 0 spiro atoms. The van der Waals surface area contributed by atoms with Gasteiger partial charge in [0.1, 0.15) is 6.29 Å². The van der Waals surface area contributed by atoms with Crippen LogP contribution < -0.4 is 0 Å². The van der Waals surface area contributed by atoms with Crippen LogP contribution >= 0.6 is 0 Å². The molecule has 1 fully saturated rings. The molecule has 0 radical (unpaired) electrons. The molecule has 1 unspecified atom stereocenters. The molecule has 1 saturated heterocycles. The zero-order chi connectivity index (χ0) is 9.90. The van der Waals surface area contributed by atoms with Crippen molar-refractivity contribution in [2.75, 3.05) is 19.6 Å². The molecule has 4 heteroatoms. The molecule has 1 aliphatic rings. The molecule has 1 aliphatic heterocycles. The Hall–Kier alpha value is -0.510. The molecule has 0 amide bonds. The Morgan fingerprint density at radius 2 is 2.31 bits per heavy atom. The SMILES string of the molecule is CCC1CCN(CC=O)CC1(F)F. The predicted octanol–water partition coefficient (Wildman–Crippen LogP) is 1.55. The fraction of sp³-hybridized carbons (Fsp3) is 0.889. The Balaban J connectivity index is 2.53. The van der Waals surface area contributed by atoms with Gasteiger partial charge in [0.05, 0.1) is 13.1 Å². The van der Waals surface area contributed by atoms with Crippen LogP contribution in [-0.2, 0) is 4.79 Å². The number of alkyl halides is 2. The maximum absolute atomic E-state index is 13.3. The first kappa shape index (κ1) is 10.6. The van der Waals surface area contributed by atoms with Crippen LogP contribution in [0.4, 0.5) is 8.78 Å². The topological polar surface area (TPSA) is 20.3 Å². The number of halogens is 2. The number of rotatable bonds is 3. The van der Waals surface area contributed by atoms with Gasteiger partial charge in [-0.2, -0.15) is 0 Å². The summed E-state index contributed by atoms with van der Waals surface area (Å²) in [7, 11) is 0. The van der Waals surface area contributed by atoms with Crippen molar-refractivity contribution in [3.63, 3.8) is 0 Å². The lowest BCUT2D eigenvalue weighted by Gasteiger charge is -2.37. The zero-order valence-corrected chi connectivity index (χ0v) is 7.80. The van der Waals surface area contributed by atoms with Crippen molar-refractivity contribution in [1.29, 1.82) is 0 Å². The summed E-state index contributed by atoms with van der Waals surface area (Å²) in [5, 5.41) is 0. The fourth-order valence-corrected chi connectivity index (χ4v) is 1.82. The fourth-order valence-electron chi connectivity index (χ4n) is 1.82. The largest absolute Gasteiger partial charge is 0.302 e. The van der Waals surface area contributed by atoms with E-state index in [4.69, 9.17) is 0 Å². The van der Waals surface area contributed by atoms with E-state index in [9.17, 15) is 13.6 Å². The summed E-state index contributed by atoms with van der Waals surface area (Å²) < 4.78 is 26.6. The van der Waals surface area contributed by atoms with Crippen molar-refractivity contribution in [2.24, 2.45) is 5.92 Å². The molecule has 0 aliphatic carbocycles. The Bertz CT molecular complexity index is 184. The minimum atomic E-state index is -2.62. The maximum Gasteiger partial charge on any atom is 0.263 e. The van der Waals surface area contributed by atoms with E-state index in [2.05, 4.69) is 0 Å². The van der Waals surface area contributed by atoms with E-state index in [-0.39, 0.29) is 13.1 Å². The molecule has 2 nitrogen and oxygen atoms in total. The van der Waals surface area contributed by atoms with Crippen molar-refractivity contribution in [1.82, 2.24) is 4.90 Å². The average molecular weight is 191 g/mol. The van der Waals surface area contributed by atoms with E-state index < -0.39 is 11.8 Å². The highest BCUT2D eigenvalue weighted by Crippen LogP contribution is 2.34. The van der Waals surface area contributed by atoms with Crippen LogP contribution in [-0.4, -0.2) is 36.7 Å². The summed E-state index contributed by atoms with van der Waals surface area (Å²) in [6.07, 6.45) is 1.70. The average Bonchev–Trinajstić information content (AvgIpc) is 2.03. The molecular formula is C9H15F2NO. The maximum atomic E-state index is 13.3. The highest BCUT2D eigenvalue weighted by atomic mass is 19.3. The predicted molar refractivity (Wildman–Crippen MR) is 45.8 cm³/mol. The highest BCUT2D eigenvalue weighted by Gasteiger charge is 2.42. The number of piperidine rings is 1. The minimum absolute atomic E-state index is 0.131. The van der Waals surface area contributed by atoms with Crippen molar-refractivity contribution in [3.05, 3.63) is 0 Å². The molecule has 1 atom stereocenters. The summed E-state index contributed by atoms with van der Waals surface area (Å²) >= 11 is 0. The second-order valence-electron chi connectivity index (χ2n) is 3.56. The van der Waals surface area contributed by atoms with Crippen LogP contribution in [0.3, 0.4) is 0 Å². The van der Waals surface area contributed by atoms with E-state index in [1.807, 2.05) is 0 Å². The second kappa shape index (κ2) is 4.13. The third-order valence-corrected chi connectivity index (χ3v) is 2.65. The smallest absolute Gasteiger partial charge is 0.263 e.